The molecule has 0 radical (unpaired) electrons. The minimum Gasteiger partial charge on any atom is -0.393 e. The third kappa shape index (κ3) is 2.47. The van der Waals surface area contributed by atoms with Gasteiger partial charge in [-0.15, -0.1) is 0 Å². The van der Waals surface area contributed by atoms with Crippen LogP contribution in [-0.2, 0) is 14.4 Å². The molecule has 27 heavy (non-hydrogen) atoms. The van der Waals surface area contributed by atoms with Crippen LogP contribution >= 0.6 is 0 Å². The number of rotatable bonds is 3. The maximum absolute atomic E-state index is 12.5. The SMILES string of the molecule is C[C@@H]1CC2[C@@H]3CCC4=CC(=O)CC[C@]4(C)[C@H]3[C@@H](O)CC2(C=O)[C@H]1C(=O)CO. The van der Waals surface area contributed by atoms with Crippen LogP contribution in [0.4, 0.5) is 0 Å². The quantitative estimate of drug-likeness (QED) is 0.738. The van der Waals surface area contributed by atoms with Gasteiger partial charge < -0.3 is 15.0 Å². The standard InChI is InChI=1S/C22H30O5/c1-12-7-16-15-4-3-13-8-14(25)5-6-21(13,2)20(15)17(26)9-22(16,11-24)19(12)18(27)10-23/h8,11-12,15-17,19-20,23,26H,3-7,9-10H2,1-2H3/t12-,15+,16?,17+,19-,20-,21+,22?/m1/s1. The number of ketones is 2. The van der Waals surface area contributed by atoms with Crippen LogP contribution in [0.25, 0.3) is 0 Å². The van der Waals surface area contributed by atoms with E-state index in [1.165, 1.54) is 0 Å². The van der Waals surface area contributed by atoms with Gasteiger partial charge >= 0.3 is 0 Å². The number of aliphatic hydroxyl groups excluding tert-OH is 2. The Labute approximate surface area is 160 Å². The molecule has 0 aromatic heterocycles. The summed E-state index contributed by atoms with van der Waals surface area (Å²) in [5.74, 6) is -0.297. The largest absolute Gasteiger partial charge is 0.393 e. The second-order valence-electron chi connectivity index (χ2n) is 9.70. The molecule has 0 amide bonds. The first-order chi connectivity index (χ1) is 12.8. The second kappa shape index (κ2) is 6.35. The van der Waals surface area contributed by atoms with Crippen molar-refractivity contribution in [3.63, 3.8) is 0 Å². The van der Waals surface area contributed by atoms with Crippen molar-refractivity contribution in [2.75, 3.05) is 6.61 Å². The molecule has 148 valence electrons. The van der Waals surface area contributed by atoms with Gasteiger partial charge in [0.2, 0.25) is 0 Å². The summed E-state index contributed by atoms with van der Waals surface area (Å²) in [4.78, 5) is 36.8. The van der Waals surface area contributed by atoms with Gasteiger partial charge in [-0.3, -0.25) is 9.59 Å². The van der Waals surface area contributed by atoms with Crippen LogP contribution in [0.3, 0.4) is 0 Å². The van der Waals surface area contributed by atoms with Crippen LogP contribution in [0.5, 0.6) is 0 Å². The van der Waals surface area contributed by atoms with Crippen LogP contribution < -0.4 is 0 Å². The molecule has 0 heterocycles. The molecule has 0 spiro atoms. The van der Waals surface area contributed by atoms with E-state index >= 15 is 0 Å². The van der Waals surface area contributed by atoms with Crippen LogP contribution in [0.2, 0.25) is 0 Å². The number of carbonyl (C=O) groups excluding carboxylic acids is 3. The van der Waals surface area contributed by atoms with Gasteiger partial charge in [-0.05, 0) is 67.3 Å². The Kier molecular flexibility index (Phi) is 4.47. The van der Waals surface area contributed by atoms with Crippen LogP contribution in [0.1, 0.15) is 52.4 Å². The van der Waals surface area contributed by atoms with Gasteiger partial charge in [-0.25, -0.2) is 0 Å². The molecule has 4 aliphatic rings. The molecule has 3 saturated carbocycles. The molecule has 2 unspecified atom stereocenters. The van der Waals surface area contributed by atoms with E-state index in [0.29, 0.717) is 12.8 Å². The molecule has 2 N–H and O–H groups in total. The van der Waals surface area contributed by atoms with Crippen molar-refractivity contribution in [2.24, 2.45) is 40.4 Å². The molecule has 5 heteroatoms. The van der Waals surface area contributed by atoms with E-state index < -0.39 is 24.0 Å². The maximum atomic E-state index is 12.5. The third-order valence-electron chi connectivity index (χ3n) is 8.58. The van der Waals surface area contributed by atoms with Crippen molar-refractivity contribution in [3.05, 3.63) is 11.6 Å². The van der Waals surface area contributed by atoms with Gasteiger partial charge in [0.15, 0.2) is 11.6 Å². The van der Waals surface area contributed by atoms with Crippen molar-refractivity contribution in [1.29, 1.82) is 0 Å². The van der Waals surface area contributed by atoms with E-state index in [9.17, 15) is 24.6 Å². The first-order valence-electron chi connectivity index (χ1n) is 10.3. The van der Waals surface area contributed by atoms with E-state index in [4.69, 9.17) is 0 Å². The lowest BCUT2D eigenvalue weighted by Crippen LogP contribution is -2.58. The predicted molar refractivity (Wildman–Crippen MR) is 98.6 cm³/mol. The summed E-state index contributed by atoms with van der Waals surface area (Å²) in [6.45, 7) is 3.63. The van der Waals surface area contributed by atoms with Gasteiger partial charge in [0.1, 0.15) is 12.9 Å². The Bertz CT molecular complexity index is 711. The summed E-state index contributed by atoms with van der Waals surface area (Å²) >= 11 is 0. The second-order valence-corrected chi connectivity index (χ2v) is 9.70. The number of Topliss-reactive ketones (excluding diaryl/α,β-unsaturated/α-hetero) is 1. The van der Waals surface area contributed by atoms with Crippen LogP contribution in [-0.4, -0.2) is 40.8 Å². The lowest BCUT2D eigenvalue weighted by molar-refractivity contribution is -0.157. The van der Waals surface area contributed by atoms with Crippen molar-refractivity contribution < 1.29 is 24.6 Å². The Morgan fingerprint density at radius 2 is 2.11 bits per heavy atom. The van der Waals surface area contributed by atoms with Crippen molar-refractivity contribution >= 4 is 17.9 Å². The average Bonchev–Trinajstić information content (AvgIpc) is 2.93. The van der Waals surface area contributed by atoms with Crippen molar-refractivity contribution in [2.45, 2.75) is 58.5 Å². The smallest absolute Gasteiger partial charge is 0.162 e. The molecule has 0 bridgehead atoms. The number of hydrogen-bond acceptors (Lipinski definition) is 5. The molecule has 4 aliphatic carbocycles. The summed E-state index contributed by atoms with van der Waals surface area (Å²) in [6, 6.07) is 0. The number of aldehydes is 1. The predicted octanol–water partition coefficient (Wildman–Crippen LogP) is 2.09. The molecule has 0 aliphatic heterocycles. The molecule has 5 nitrogen and oxygen atoms in total. The highest BCUT2D eigenvalue weighted by Gasteiger charge is 2.66. The first kappa shape index (κ1) is 19.0. The fraction of sp³-hybridized carbons (Fsp3) is 0.773. The fourth-order valence-corrected chi connectivity index (χ4v) is 7.63. The van der Waals surface area contributed by atoms with Gasteiger partial charge in [-0.1, -0.05) is 19.4 Å². The zero-order valence-electron chi connectivity index (χ0n) is 16.2. The van der Waals surface area contributed by atoms with Gasteiger partial charge in [0.05, 0.1) is 6.10 Å². The summed E-state index contributed by atoms with van der Waals surface area (Å²) in [5.41, 5.74) is 0.0989. The Balaban J connectivity index is 1.76. The molecular formula is C22H30O5. The summed E-state index contributed by atoms with van der Waals surface area (Å²) < 4.78 is 0. The monoisotopic (exact) mass is 374 g/mol. The van der Waals surface area contributed by atoms with E-state index in [-0.39, 0.29) is 40.7 Å². The van der Waals surface area contributed by atoms with Gasteiger partial charge in [0.25, 0.3) is 0 Å². The maximum Gasteiger partial charge on any atom is 0.162 e. The average molecular weight is 374 g/mol. The fourth-order valence-electron chi connectivity index (χ4n) is 7.63. The normalized spacial score (nSPS) is 48.9. The molecule has 0 saturated heterocycles. The highest BCUT2D eigenvalue weighted by atomic mass is 16.3. The topological polar surface area (TPSA) is 91.7 Å². The number of fused-ring (bicyclic) bond motifs is 5. The minimum absolute atomic E-state index is 0.0267. The summed E-state index contributed by atoms with van der Waals surface area (Å²) in [6.07, 6.45) is 6.08. The van der Waals surface area contributed by atoms with Crippen LogP contribution in [0.15, 0.2) is 11.6 Å². The van der Waals surface area contributed by atoms with E-state index in [1.807, 2.05) is 6.92 Å². The van der Waals surface area contributed by atoms with Crippen LogP contribution in [0, 0.1) is 40.4 Å². The Morgan fingerprint density at radius 3 is 2.78 bits per heavy atom. The lowest BCUT2D eigenvalue weighted by Gasteiger charge is -2.59. The van der Waals surface area contributed by atoms with Gasteiger partial charge in [-0.2, -0.15) is 0 Å². The molecule has 3 fully saturated rings. The first-order valence-corrected chi connectivity index (χ1v) is 10.3. The lowest BCUT2D eigenvalue weighted by atomic mass is 9.45. The Hall–Kier alpha value is -1.33. The minimum atomic E-state index is -0.859. The highest BCUT2D eigenvalue weighted by molar-refractivity contribution is 5.91. The molecule has 4 rings (SSSR count). The molecule has 0 aromatic carbocycles. The highest BCUT2D eigenvalue weighted by Crippen LogP contribution is 2.67. The third-order valence-corrected chi connectivity index (χ3v) is 8.58. The van der Waals surface area contributed by atoms with Gasteiger partial charge in [0, 0.05) is 17.8 Å². The molecular weight excluding hydrogens is 344 g/mol. The Morgan fingerprint density at radius 1 is 1.37 bits per heavy atom. The van der Waals surface area contributed by atoms with Crippen molar-refractivity contribution in [1.82, 2.24) is 0 Å². The molecule has 8 atom stereocenters. The van der Waals surface area contributed by atoms with E-state index in [2.05, 4.69) is 6.92 Å². The summed E-state index contributed by atoms with van der Waals surface area (Å²) in [5, 5.41) is 20.7. The van der Waals surface area contributed by atoms with E-state index in [0.717, 1.165) is 37.5 Å². The summed E-state index contributed by atoms with van der Waals surface area (Å²) in [7, 11) is 0. The number of aliphatic hydroxyl groups is 2. The van der Waals surface area contributed by atoms with Crippen molar-refractivity contribution in [3.8, 4) is 0 Å². The zero-order chi connectivity index (χ0) is 19.6. The zero-order valence-corrected chi connectivity index (χ0v) is 16.2. The van der Waals surface area contributed by atoms with E-state index in [1.54, 1.807) is 6.08 Å². The number of carbonyl (C=O) groups is 3. The molecule has 0 aromatic rings. The number of hydrogen-bond donors (Lipinski definition) is 2. The number of allylic oxidation sites excluding steroid dienone is 1.